The van der Waals surface area contributed by atoms with E-state index in [0.717, 1.165) is 38.6 Å². The number of hydrogen-bond acceptors (Lipinski definition) is 2. The van der Waals surface area contributed by atoms with Gasteiger partial charge in [-0.1, -0.05) is 64.7 Å². The fourth-order valence-electron chi connectivity index (χ4n) is 3.85. The van der Waals surface area contributed by atoms with E-state index >= 15 is 0 Å². The van der Waals surface area contributed by atoms with Gasteiger partial charge in [0, 0.05) is 13.5 Å². The van der Waals surface area contributed by atoms with Gasteiger partial charge in [-0.3, -0.25) is 9.59 Å². The largest absolute Gasteiger partial charge is 0.330 e. The third-order valence-electron chi connectivity index (χ3n) is 5.22. The number of unbranched alkanes of at least 4 members (excludes halogenated alkanes) is 6. The molecule has 0 N–H and O–H groups in total. The summed E-state index contributed by atoms with van der Waals surface area (Å²) in [5.74, 6) is 0.258. The Balaban J connectivity index is 2.49. The topological polar surface area (TPSA) is 37.4 Å². The number of nitrogens with zero attached hydrogens (tertiary/aromatic N) is 1. The van der Waals surface area contributed by atoms with E-state index in [1.54, 1.807) is 13.8 Å². The Kier molecular flexibility index (Phi) is 8.74. The molecule has 0 radical (unpaired) electrons. The Bertz CT molecular complexity index is 345. The van der Waals surface area contributed by atoms with Gasteiger partial charge in [-0.15, -0.1) is 0 Å². The van der Waals surface area contributed by atoms with E-state index in [1.807, 2.05) is 4.90 Å². The molecule has 0 aromatic rings. The molecular weight excluding hydrogens is 274 g/mol. The molecule has 1 saturated carbocycles. The Morgan fingerprint density at radius 3 is 1.91 bits per heavy atom. The van der Waals surface area contributed by atoms with Gasteiger partial charge >= 0.3 is 0 Å². The monoisotopic (exact) mass is 309 g/mol. The molecule has 1 amide bonds. The molecule has 0 aliphatic heterocycles. The van der Waals surface area contributed by atoms with Crippen molar-refractivity contribution in [2.75, 3.05) is 6.54 Å². The summed E-state index contributed by atoms with van der Waals surface area (Å²) in [6.07, 6.45) is 13.7. The summed E-state index contributed by atoms with van der Waals surface area (Å²) in [4.78, 5) is 26.3. The van der Waals surface area contributed by atoms with Crippen LogP contribution in [0, 0.1) is 0 Å². The molecule has 0 heterocycles. The summed E-state index contributed by atoms with van der Waals surface area (Å²) in [6.45, 7) is 6.28. The second kappa shape index (κ2) is 10.0. The van der Waals surface area contributed by atoms with Crippen LogP contribution >= 0.6 is 0 Å². The number of hydrogen-bond donors (Lipinski definition) is 0. The molecule has 1 fully saturated rings. The second-order valence-corrected chi connectivity index (χ2v) is 6.94. The first-order chi connectivity index (χ1) is 10.5. The first-order valence-corrected chi connectivity index (χ1v) is 9.34. The molecule has 1 aliphatic rings. The molecule has 0 spiro atoms. The summed E-state index contributed by atoms with van der Waals surface area (Å²) in [5.41, 5.74) is -0.494. The van der Waals surface area contributed by atoms with Crippen LogP contribution in [0.5, 0.6) is 0 Å². The van der Waals surface area contributed by atoms with Crippen LogP contribution in [0.1, 0.15) is 97.8 Å². The van der Waals surface area contributed by atoms with Crippen molar-refractivity contribution < 1.29 is 9.59 Å². The molecule has 3 heteroatoms. The lowest BCUT2D eigenvalue weighted by molar-refractivity contribution is -0.146. The van der Waals surface area contributed by atoms with Crippen LogP contribution in [0.3, 0.4) is 0 Å². The third kappa shape index (κ3) is 5.40. The predicted octanol–water partition coefficient (Wildman–Crippen LogP) is 4.88. The van der Waals surface area contributed by atoms with Gasteiger partial charge in [0.15, 0.2) is 5.78 Å². The van der Waals surface area contributed by atoms with Gasteiger partial charge in [-0.05, 0) is 26.2 Å². The summed E-state index contributed by atoms with van der Waals surface area (Å²) >= 11 is 0. The summed E-state index contributed by atoms with van der Waals surface area (Å²) in [6, 6.07) is 0. The van der Waals surface area contributed by atoms with Gasteiger partial charge in [-0.2, -0.15) is 0 Å². The number of ketones is 1. The van der Waals surface area contributed by atoms with Crippen molar-refractivity contribution in [1.82, 2.24) is 4.90 Å². The fraction of sp³-hybridized carbons (Fsp3) is 0.895. The van der Waals surface area contributed by atoms with Crippen molar-refractivity contribution in [1.29, 1.82) is 0 Å². The maximum atomic E-state index is 12.3. The lowest BCUT2D eigenvalue weighted by atomic mass is 9.77. The predicted molar refractivity (Wildman–Crippen MR) is 91.9 cm³/mol. The maximum Gasteiger partial charge on any atom is 0.220 e. The highest BCUT2D eigenvalue weighted by Gasteiger charge is 2.43. The van der Waals surface area contributed by atoms with Gasteiger partial charge in [0.2, 0.25) is 5.91 Å². The highest BCUT2D eigenvalue weighted by atomic mass is 16.2. The van der Waals surface area contributed by atoms with Crippen LogP contribution in [0.25, 0.3) is 0 Å². The zero-order valence-corrected chi connectivity index (χ0v) is 15.0. The van der Waals surface area contributed by atoms with Crippen molar-refractivity contribution in [2.45, 2.75) is 103 Å². The maximum absolute atomic E-state index is 12.3. The van der Waals surface area contributed by atoms with Crippen LogP contribution < -0.4 is 0 Å². The molecule has 128 valence electrons. The zero-order chi connectivity index (χ0) is 16.4. The third-order valence-corrected chi connectivity index (χ3v) is 5.22. The lowest BCUT2D eigenvalue weighted by Crippen LogP contribution is -2.57. The normalized spacial score (nSPS) is 17.2. The molecule has 0 aromatic carbocycles. The SMILES string of the molecule is CCCCCCCCCN(C(C)=O)C1(C(C)=O)CCCCC1. The molecule has 0 atom stereocenters. The van der Waals surface area contributed by atoms with Crippen LogP contribution in [-0.2, 0) is 9.59 Å². The van der Waals surface area contributed by atoms with Gasteiger partial charge < -0.3 is 4.90 Å². The van der Waals surface area contributed by atoms with Gasteiger partial charge in [0.25, 0.3) is 0 Å². The number of carbonyl (C=O) groups is 2. The van der Waals surface area contributed by atoms with E-state index < -0.39 is 5.54 Å². The summed E-state index contributed by atoms with van der Waals surface area (Å²) in [5, 5.41) is 0. The highest BCUT2D eigenvalue weighted by molar-refractivity contribution is 5.90. The van der Waals surface area contributed by atoms with E-state index in [1.165, 1.54) is 44.9 Å². The Morgan fingerprint density at radius 2 is 1.41 bits per heavy atom. The summed E-state index contributed by atoms with van der Waals surface area (Å²) < 4.78 is 0. The lowest BCUT2D eigenvalue weighted by Gasteiger charge is -2.44. The molecule has 3 nitrogen and oxygen atoms in total. The molecule has 1 rings (SSSR count). The first-order valence-electron chi connectivity index (χ1n) is 9.34. The van der Waals surface area contributed by atoms with Crippen molar-refractivity contribution in [3.63, 3.8) is 0 Å². The van der Waals surface area contributed by atoms with Crippen LogP contribution in [0.2, 0.25) is 0 Å². The molecule has 0 aromatic heterocycles. The smallest absolute Gasteiger partial charge is 0.220 e. The molecule has 0 bridgehead atoms. The van der Waals surface area contributed by atoms with Gasteiger partial charge in [0.1, 0.15) is 5.54 Å². The number of amides is 1. The van der Waals surface area contributed by atoms with E-state index in [-0.39, 0.29) is 11.7 Å². The fourth-order valence-corrected chi connectivity index (χ4v) is 3.85. The molecular formula is C19H35NO2. The van der Waals surface area contributed by atoms with Crippen molar-refractivity contribution in [2.24, 2.45) is 0 Å². The average molecular weight is 309 g/mol. The van der Waals surface area contributed by atoms with E-state index in [2.05, 4.69) is 6.92 Å². The molecule has 0 saturated heterocycles. The quantitative estimate of drug-likeness (QED) is 0.539. The van der Waals surface area contributed by atoms with Crippen LogP contribution in [0.4, 0.5) is 0 Å². The molecule has 22 heavy (non-hydrogen) atoms. The van der Waals surface area contributed by atoms with Gasteiger partial charge in [-0.25, -0.2) is 0 Å². The minimum Gasteiger partial charge on any atom is -0.330 e. The van der Waals surface area contributed by atoms with Crippen LogP contribution in [0.15, 0.2) is 0 Å². The summed E-state index contributed by atoms with van der Waals surface area (Å²) in [7, 11) is 0. The average Bonchev–Trinajstić information content (AvgIpc) is 2.50. The van der Waals surface area contributed by atoms with Crippen molar-refractivity contribution >= 4 is 11.7 Å². The number of Topliss-reactive ketones (excluding diaryl/α,β-unsaturated/α-hetero) is 1. The van der Waals surface area contributed by atoms with E-state index in [4.69, 9.17) is 0 Å². The Labute approximate surface area is 136 Å². The minimum absolute atomic E-state index is 0.0723. The second-order valence-electron chi connectivity index (χ2n) is 6.94. The molecule has 1 aliphatic carbocycles. The Morgan fingerprint density at radius 1 is 0.864 bits per heavy atom. The first kappa shape index (κ1) is 19.2. The van der Waals surface area contributed by atoms with Crippen molar-refractivity contribution in [3.05, 3.63) is 0 Å². The van der Waals surface area contributed by atoms with Crippen LogP contribution in [-0.4, -0.2) is 28.7 Å². The highest BCUT2D eigenvalue weighted by Crippen LogP contribution is 2.35. The minimum atomic E-state index is -0.494. The Hall–Kier alpha value is -0.860. The standard InChI is InChI=1S/C19H35NO2/c1-4-5-6-7-8-9-13-16-20(18(3)22)19(17(2)21)14-11-10-12-15-19/h4-16H2,1-3H3. The van der Waals surface area contributed by atoms with E-state index in [9.17, 15) is 9.59 Å². The van der Waals surface area contributed by atoms with E-state index in [0.29, 0.717) is 0 Å². The number of carbonyl (C=O) groups excluding carboxylic acids is 2. The van der Waals surface area contributed by atoms with Gasteiger partial charge in [0.05, 0.1) is 0 Å². The number of rotatable bonds is 10. The molecule has 0 unspecified atom stereocenters. The van der Waals surface area contributed by atoms with Crippen molar-refractivity contribution in [3.8, 4) is 0 Å². The zero-order valence-electron chi connectivity index (χ0n) is 15.0.